The average Bonchev–Trinajstić information content (AvgIpc) is 2.87. The molecule has 0 unspecified atom stereocenters. The molecule has 216 valence electrons. The number of carbonyl (C=O) groups excluding carboxylic acids is 3. The van der Waals surface area contributed by atoms with Crippen LogP contribution in [0.1, 0.15) is 82.9 Å². The van der Waals surface area contributed by atoms with Crippen molar-refractivity contribution >= 4 is 23.2 Å². The molecule has 1 aliphatic heterocycles. The van der Waals surface area contributed by atoms with Crippen LogP contribution in [0.3, 0.4) is 0 Å². The van der Waals surface area contributed by atoms with Crippen LogP contribution in [0.15, 0.2) is 65.0 Å². The molecular formula is C35H42N2O4. The van der Waals surface area contributed by atoms with Crippen LogP contribution in [0, 0.1) is 24.7 Å². The Kier molecular flexibility index (Phi) is 7.47. The summed E-state index contributed by atoms with van der Waals surface area (Å²) < 4.78 is 5.95. The van der Waals surface area contributed by atoms with E-state index in [0.717, 1.165) is 64.3 Å². The Morgan fingerprint density at radius 3 is 2.10 bits per heavy atom. The van der Waals surface area contributed by atoms with Crippen molar-refractivity contribution in [2.75, 3.05) is 18.5 Å². The first-order chi connectivity index (χ1) is 19.3. The molecule has 1 heterocycles. The smallest absolute Gasteiger partial charge is 0.262 e. The summed E-state index contributed by atoms with van der Waals surface area (Å²) in [6.07, 6.45) is 2.49. The molecule has 5 rings (SSSR count). The van der Waals surface area contributed by atoms with E-state index in [9.17, 15) is 14.4 Å². The molecule has 6 heteroatoms. The number of anilines is 1. The van der Waals surface area contributed by atoms with Gasteiger partial charge in [0.1, 0.15) is 5.75 Å². The number of carbonyl (C=O) groups is 3. The molecule has 0 fully saturated rings. The van der Waals surface area contributed by atoms with Gasteiger partial charge in [-0.1, -0.05) is 52.0 Å². The first-order valence-corrected chi connectivity index (χ1v) is 14.7. The van der Waals surface area contributed by atoms with Gasteiger partial charge in [0, 0.05) is 53.5 Å². The maximum atomic E-state index is 13.8. The molecule has 0 spiro atoms. The Balaban J connectivity index is 1.49. The van der Waals surface area contributed by atoms with Crippen molar-refractivity contribution in [3.8, 4) is 5.75 Å². The quantitative estimate of drug-likeness (QED) is 0.415. The lowest BCUT2D eigenvalue weighted by molar-refractivity contribution is -0.120. The van der Waals surface area contributed by atoms with E-state index >= 15 is 0 Å². The number of allylic oxidation sites excluding steroid dienone is 4. The molecule has 1 amide bonds. The number of aryl methyl sites for hydroxylation is 2. The van der Waals surface area contributed by atoms with Crippen LogP contribution in [0.2, 0.25) is 0 Å². The molecule has 0 saturated heterocycles. The molecule has 2 aromatic rings. The first kappa shape index (κ1) is 28.8. The van der Waals surface area contributed by atoms with Crippen molar-refractivity contribution in [2.45, 2.75) is 80.1 Å². The van der Waals surface area contributed by atoms with Crippen LogP contribution in [0.4, 0.5) is 5.69 Å². The number of hydrogen-bond acceptors (Lipinski definition) is 5. The fourth-order valence-electron chi connectivity index (χ4n) is 6.75. The summed E-state index contributed by atoms with van der Waals surface area (Å²) in [5.41, 5.74) is 7.01. The van der Waals surface area contributed by atoms with Gasteiger partial charge in [-0.05, 0) is 79.3 Å². The highest BCUT2D eigenvalue weighted by Crippen LogP contribution is 2.54. The predicted molar refractivity (Wildman–Crippen MR) is 162 cm³/mol. The summed E-state index contributed by atoms with van der Waals surface area (Å²) in [6.45, 7) is 15.2. The largest absolute Gasteiger partial charge is 0.484 e. The van der Waals surface area contributed by atoms with Gasteiger partial charge in [-0.2, -0.15) is 0 Å². The fourth-order valence-corrected chi connectivity index (χ4v) is 6.75. The second-order valence-electron chi connectivity index (χ2n) is 13.5. The van der Waals surface area contributed by atoms with Gasteiger partial charge in [0.25, 0.3) is 5.91 Å². The molecule has 2 aromatic carbocycles. The van der Waals surface area contributed by atoms with Crippen LogP contribution < -0.4 is 10.1 Å². The lowest BCUT2D eigenvalue weighted by atomic mass is 9.63. The molecule has 2 aliphatic carbocycles. The molecular weight excluding hydrogens is 512 g/mol. The van der Waals surface area contributed by atoms with Gasteiger partial charge in [0.05, 0.1) is 0 Å². The average molecular weight is 555 g/mol. The van der Waals surface area contributed by atoms with Crippen LogP contribution in [-0.2, 0) is 14.4 Å². The molecule has 6 nitrogen and oxygen atoms in total. The summed E-state index contributed by atoms with van der Waals surface area (Å²) >= 11 is 0. The SMILES string of the molecule is CCN1C2=C(C(=O)CC(C)(C)C2)C(c2cccc(OCC(=O)Nc3cc(C)ccc3C)c2)C2=C1CC(C)(C)CC2=O. The van der Waals surface area contributed by atoms with Gasteiger partial charge in [-0.25, -0.2) is 0 Å². The number of benzene rings is 2. The summed E-state index contributed by atoms with van der Waals surface area (Å²) in [6, 6.07) is 13.5. The molecule has 41 heavy (non-hydrogen) atoms. The topological polar surface area (TPSA) is 75.7 Å². The van der Waals surface area contributed by atoms with Crippen molar-refractivity contribution in [1.82, 2.24) is 4.90 Å². The van der Waals surface area contributed by atoms with E-state index in [1.807, 2.05) is 56.3 Å². The van der Waals surface area contributed by atoms with E-state index in [4.69, 9.17) is 4.74 Å². The fraction of sp³-hybridized carbons (Fsp3) is 0.457. The van der Waals surface area contributed by atoms with Crippen LogP contribution >= 0.6 is 0 Å². The minimum atomic E-state index is -0.428. The van der Waals surface area contributed by atoms with Crippen LogP contribution in [0.25, 0.3) is 0 Å². The van der Waals surface area contributed by atoms with Gasteiger partial charge >= 0.3 is 0 Å². The molecule has 0 radical (unpaired) electrons. The van der Waals surface area contributed by atoms with E-state index in [-0.39, 0.29) is 34.9 Å². The van der Waals surface area contributed by atoms with Crippen molar-refractivity contribution in [3.05, 3.63) is 81.7 Å². The molecule has 0 bridgehead atoms. The number of nitrogens with one attached hydrogen (secondary N) is 1. The second-order valence-corrected chi connectivity index (χ2v) is 13.5. The molecule has 0 atom stereocenters. The summed E-state index contributed by atoms with van der Waals surface area (Å²) in [5.74, 6) is 0.0891. The Hall–Kier alpha value is -3.67. The lowest BCUT2D eigenvalue weighted by Crippen LogP contribution is -2.44. The third kappa shape index (κ3) is 5.74. The number of nitrogens with zero attached hydrogens (tertiary/aromatic N) is 1. The number of ketones is 2. The number of amides is 1. The standard InChI is InChI=1S/C35H42N2O4/c1-8-37-26-16-34(4,5)18-28(38)32(26)31(33-27(37)17-35(6,7)19-29(33)39)23-10-9-11-24(15-23)41-20-30(40)36-25-14-21(2)12-13-22(25)3/h9-15,31H,8,16-20H2,1-7H3,(H,36,40). The number of hydrogen-bond donors (Lipinski definition) is 1. The Morgan fingerprint density at radius 2 is 1.51 bits per heavy atom. The summed E-state index contributed by atoms with van der Waals surface area (Å²) in [4.78, 5) is 42.6. The normalized spacial score (nSPS) is 20.1. The van der Waals surface area contributed by atoms with Crippen LogP contribution in [-0.4, -0.2) is 35.5 Å². The minimum absolute atomic E-state index is 0.114. The van der Waals surface area contributed by atoms with Gasteiger partial charge in [0.15, 0.2) is 18.2 Å². The van der Waals surface area contributed by atoms with Crippen molar-refractivity contribution in [3.63, 3.8) is 0 Å². The van der Waals surface area contributed by atoms with E-state index in [0.29, 0.717) is 18.6 Å². The first-order valence-electron chi connectivity index (χ1n) is 14.7. The molecule has 0 saturated carbocycles. The van der Waals surface area contributed by atoms with Gasteiger partial charge in [0.2, 0.25) is 0 Å². The maximum absolute atomic E-state index is 13.8. The highest BCUT2D eigenvalue weighted by Gasteiger charge is 2.48. The number of ether oxygens (including phenoxy) is 1. The van der Waals surface area contributed by atoms with E-state index in [1.54, 1.807) is 0 Å². The second kappa shape index (κ2) is 10.6. The minimum Gasteiger partial charge on any atom is -0.484 e. The highest BCUT2D eigenvalue weighted by atomic mass is 16.5. The molecule has 3 aliphatic rings. The Morgan fingerprint density at radius 1 is 0.902 bits per heavy atom. The third-order valence-electron chi connectivity index (χ3n) is 8.57. The van der Waals surface area contributed by atoms with E-state index in [2.05, 4.69) is 44.8 Å². The lowest BCUT2D eigenvalue weighted by Gasteiger charge is -2.48. The van der Waals surface area contributed by atoms with Gasteiger partial charge in [-0.3, -0.25) is 14.4 Å². The predicted octanol–water partition coefficient (Wildman–Crippen LogP) is 7.03. The van der Waals surface area contributed by atoms with Crippen molar-refractivity contribution in [1.29, 1.82) is 0 Å². The Labute approximate surface area is 243 Å². The van der Waals surface area contributed by atoms with Crippen LogP contribution in [0.5, 0.6) is 5.75 Å². The number of Topliss-reactive ketones (excluding diaryl/α,β-unsaturated/α-hetero) is 2. The van der Waals surface area contributed by atoms with Gasteiger partial charge in [-0.15, -0.1) is 0 Å². The summed E-state index contributed by atoms with van der Waals surface area (Å²) in [7, 11) is 0. The van der Waals surface area contributed by atoms with Gasteiger partial charge < -0.3 is 15.0 Å². The Bertz CT molecular complexity index is 1440. The third-order valence-corrected chi connectivity index (χ3v) is 8.57. The van der Waals surface area contributed by atoms with Crippen molar-refractivity contribution in [2.24, 2.45) is 10.8 Å². The van der Waals surface area contributed by atoms with Crippen molar-refractivity contribution < 1.29 is 19.1 Å². The zero-order chi connectivity index (χ0) is 29.7. The number of rotatable bonds is 6. The zero-order valence-corrected chi connectivity index (χ0v) is 25.4. The highest BCUT2D eigenvalue weighted by molar-refractivity contribution is 6.06. The zero-order valence-electron chi connectivity index (χ0n) is 25.4. The maximum Gasteiger partial charge on any atom is 0.262 e. The molecule has 1 N–H and O–H groups in total. The van der Waals surface area contributed by atoms with E-state index < -0.39 is 5.92 Å². The monoisotopic (exact) mass is 554 g/mol. The summed E-state index contributed by atoms with van der Waals surface area (Å²) in [5, 5.41) is 2.94. The van der Waals surface area contributed by atoms with E-state index in [1.165, 1.54) is 0 Å². The molecule has 0 aromatic heterocycles.